The summed E-state index contributed by atoms with van der Waals surface area (Å²) < 4.78 is 6.05. The summed E-state index contributed by atoms with van der Waals surface area (Å²) in [7, 11) is 3.38. The molecule has 0 aliphatic heterocycles. The fourth-order valence-electron chi connectivity index (χ4n) is 3.10. The Hall–Kier alpha value is -3.64. The minimum atomic E-state index is 0.0287. The van der Waals surface area contributed by atoms with E-state index in [0.29, 0.717) is 24.1 Å². The number of carbonyl (C=O) groups is 2. The normalized spacial score (nSPS) is 9.94. The summed E-state index contributed by atoms with van der Waals surface area (Å²) in [4.78, 5) is 22.0. The molecule has 0 radical (unpaired) electrons. The second-order valence-corrected chi connectivity index (χ2v) is 7.59. The molecule has 32 heavy (non-hydrogen) atoms. The topological polar surface area (TPSA) is 84.7 Å². The SMILES string of the molecule is CN(N)C=O.CNc1cccc(C)c1COc1ccc(C(=O)c2ccc(C)cc2)cc1C. The van der Waals surface area contributed by atoms with Gasteiger partial charge in [-0.1, -0.05) is 42.0 Å². The van der Waals surface area contributed by atoms with E-state index < -0.39 is 0 Å². The predicted molar refractivity (Wildman–Crippen MR) is 129 cm³/mol. The van der Waals surface area contributed by atoms with E-state index in [0.717, 1.165) is 33.1 Å². The molecule has 0 heterocycles. The smallest absolute Gasteiger partial charge is 0.223 e. The van der Waals surface area contributed by atoms with Crippen molar-refractivity contribution in [1.82, 2.24) is 5.01 Å². The molecule has 168 valence electrons. The van der Waals surface area contributed by atoms with Crippen LogP contribution in [0.1, 0.15) is 38.2 Å². The van der Waals surface area contributed by atoms with Gasteiger partial charge < -0.3 is 10.1 Å². The number of carbonyl (C=O) groups excluding carboxylic acids is 2. The van der Waals surface area contributed by atoms with Gasteiger partial charge in [-0.25, -0.2) is 5.84 Å². The lowest BCUT2D eigenvalue weighted by atomic mass is 10.0. The van der Waals surface area contributed by atoms with Crippen LogP contribution in [0.4, 0.5) is 5.69 Å². The van der Waals surface area contributed by atoms with Gasteiger partial charge in [-0.05, 0) is 56.2 Å². The van der Waals surface area contributed by atoms with Crippen molar-refractivity contribution in [2.45, 2.75) is 27.4 Å². The third-order valence-electron chi connectivity index (χ3n) is 4.97. The largest absolute Gasteiger partial charge is 0.489 e. The van der Waals surface area contributed by atoms with Gasteiger partial charge in [-0.2, -0.15) is 0 Å². The van der Waals surface area contributed by atoms with Crippen molar-refractivity contribution in [2.75, 3.05) is 19.4 Å². The number of hydrazine groups is 1. The molecule has 6 nitrogen and oxygen atoms in total. The molecule has 3 N–H and O–H groups in total. The molecular formula is C26H31N3O3. The zero-order chi connectivity index (χ0) is 23.7. The first-order valence-electron chi connectivity index (χ1n) is 10.3. The number of hydrogen-bond acceptors (Lipinski definition) is 5. The van der Waals surface area contributed by atoms with Gasteiger partial charge in [0.25, 0.3) is 0 Å². The van der Waals surface area contributed by atoms with Crippen LogP contribution in [0.2, 0.25) is 0 Å². The highest BCUT2D eigenvalue weighted by atomic mass is 16.5. The molecule has 0 aromatic heterocycles. The molecule has 0 aliphatic rings. The zero-order valence-electron chi connectivity index (χ0n) is 19.3. The Morgan fingerprint density at radius 3 is 2.19 bits per heavy atom. The molecule has 3 aromatic rings. The van der Waals surface area contributed by atoms with Crippen molar-refractivity contribution >= 4 is 17.9 Å². The highest BCUT2D eigenvalue weighted by Gasteiger charge is 2.12. The fourth-order valence-corrected chi connectivity index (χ4v) is 3.10. The van der Waals surface area contributed by atoms with Crippen molar-refractivity contribution in [3.05, 3.63) is 94.0 Å². The molecule has 0 unspecified atom stereocenters. The summed E-state index contributed by atoms with van der Waals surface area (Å²) >= 11 is 0. The Morgan fingerprint density at radius 2 is 1.62 bits per heavy atom. The number of aryl methyl sites for hydroxylation is 3. The van der Waals surface area contributed by atoms with Crippen molar-refractivity contribution < 1.29 is 14.3 Å². The molecule has 3 rings (SSSR count). The van der Waals surface area contributed by atoms with Crippen LogP contribution >= 0.6 is 0 Å². The molecule has 0 fully saturated rings. The van der Waals surface area contributed by atoms with E-state index in [1.807, 2.05) is 75.5 Å². The van der Waals surface area contributed by atoms with Crippen LogP contribution in [-0.2, 0) is 11.4 Å². The maximum absolute atomic E-state index is 12.7. The molecule has 0 spiro atoms. The third kappa shape index (κ3) is 6.68. The molecular weight excluding hydrogens is 402 g/mol. The molecule has 0 atom stereocenters. The fraction of sp³-hybridized carbons (Fsp3) is 0.231. The molecule has 1 amide bonds. The first-order valence-corrected chi connectivity index (χ1v) is 10.3. The van der Waals surface area contributed by atoms with Gasteiger partial charge in [0.1, 0.15) is 12.4 Å². The van der Waals surface area contributed by atoms with Gasteiger partial charge in [0.05, 0.1) is 0 Å². The standard InChI is InChI=1S/C24H25NO2.C2H6N2O/c1-16-8-10-19(11-9-16)24(26)20-12-13-23(18(3)14-20)27-15-21-17(2)6-5-7-22(21)25-4;1-4(3)2-5/h5-14,25H,15H2,1-4H3;2H,3H2,1H3. The van der Waals surface area contributed by atoms with Gasteiger partial charge in [-0.3, -0.25) is 14.6 Å². The summed E-state index contributed by atoms with van der Waals surface area (Å²) in [6.45, 7) is 6.54. The highest BCUT2D eigenvalue weighted by molar-refractivity contribution is 6.09. The zero-order valence-corrected chi connectivity index (χ0v) is 19.3. The van der Waals surface area contributed by atoms with Crippen molar-refractivity contribution in [2.24, 2.45) is 5.84 Å². The van der Waals surface area contributed by atoms with Crippen LogP contribution in [0.25, 0.3) is 0 Å². The lowest BCUT2D eigenvalue weighted by Crippen LogP contribution is -2.23. The summed E-state index contributed by atoms with van der Waals surface area (Å²) in [5, 5.41) is 4.15. The summed E-state index contributed by atoms with van der Waals surface area (Å²) in [6.07, 6.45) is 0.528. The van der Waals surface area contributed by atoms with E-state index >= 15 is 0 Å². The van der Waals surface area contributed by atoms with E-state index in [1.165, 1.54) is 12.6 Å². The highest BCUT2D eigenvalue weighted by Crippen LogP contribution is 2.25. The van der Waals surface area contributed by atoms with Crippen LogP contribution in [0, 0.1) is 20.8 Å². The minimum Gasteiger partial charge on any atom is -0.489 e. The number of rotatable bonds is 7. The minimum absolute atomic E-state index is 0.0287. The van der Waals surface area contributed by atoms with E-state index in [4.69, 9.17) is 10.6 Å². The Bertz CT molecular complexity index is 1060. The Kier molecular flexibility index (Phi) is 8.98. The molecule has 0 aliphatic carbocycles. The molecule has 3 aromatic carbocycles. The Morgan fingerprint density at radius 1 is 1.00 bits per heavy atom. The number of amides is 1. The quantitative estimate of drug-likeness (QED) is 0.190. The number of hydrogen-bond donors (Lipinski definition) is 2. The van der Waals surface area contributed by atoms with E-state index in [9.17, 15) is 9.59 Å². The van der Waals surface area contributed by atoms with Crippen LogP contribution in [0.5, 0.6) is 5.75 Å². The monoisotopic (exact) mass is 433 g/mol. The van der Waals surface area contributed by atoms with E-state index in [2.05, 4.69) is 18.3 Å². The second-order valence-electron chi connectivity index (χ2n) is 7.59. The van der Waals surface area contributed by atoms with Crippen LogP contribution in [0.15, 0.2) is 60.7 Å². The van der Waals surface area contributed by atoms with Crippen LogP contribution in [-0.4, -0.2) is 31.3 Å². The van der Waals surface area contributed by atoms with Gasteiger partial charge in [0, 0.05) is 36.5 Å². The molecule has 0 saturated heterocycles. The number of nitrogens with two attached hydrogens (primary N) is 1. The molecule has 0 saturated carbocycles. The number of nitrogens with zero attached hydrogens (tertiary/aromatic N) is 1. The summed E-state index contributed by atoms with van der Waals surface area (Å²) in [5.74, 6) is 5.58. The van der Waals surface area contributed by atoms with Gasteiger partial charge >= 0.3 is 0 Å². The van der Waals surface area contributed by atoms with Gasteiger partial charge in [0.15, 0.2) is 5.78 Å². The molecule has 0 bridgehead atoms. The number of anilines is 1. The predicted octanol–water partition coefficient (Wildman–Crippen LogP) is 4.41. The third-order valence-corrected chi connectivity index (χ3v) is 4.97. The Labute approximate surface area is 190 Å². The number of benzene rings is 3. The number of nitrogens with one attached hydrogen (secondary N) is 1. The maximum Gasteiger partial charge on any atom is 0.223 e. The van der Waals surface area contributed by atoms with Crippen molar-refractivity contribution in [1.29, 1.82) is 0 Å². The van der Waals surface area contributed by atoms with Crippen molar-refractivity contribution in [3.63, 3.8) is 0 Å². The number of ketones is 1. The Balaban J connectivity index is 0.000000654. The summed E-state index contributed by atoms with van der Waals surface area (Å²) in [6, 6.07) is 19.4. The number of ether oxygens (including phenoxy) is 1. The molecule has 6 heteroatoms. The lowest BCUT2D eigenvalue weighted by molar-refractivity contribution is -0.117. The average molecular weight is 434 g/mol. The summed E-state index contributed by atoms with van der Waals surface area (Å²) in [5.41, 5.74) is 6.86. The maximum atomic E-state index is 12.7. The van der Waals surface area contributed by atoms with Gasteiger partial charge in [-0.15, -0.1) is 0 Å². The van der Waals surface area contributed by atoms with Gasteiger partial charge in [0.2, 0.25) is 6.41 Å². The van der Waals surface area contributed by atoms with E-state index in [1.54, 1.807) is 0 Å². The second kappa shape index (κ2) is 11.7. The first-order chi connectivity index (χ1) is 15.3. The lowest BCUT2D eigenvalue weighted by Gasteiger charge is -2.15. The first kappa shape index (κ1) is 24.6. The van der Waals surface area contributed by atoms with Crippen LogP contribution < -0.4 is 15.9 Å². The van der Waals surface area contributed by atoms with Crippen LogP contribution in [0.3, 0.4) is 0 Å². The average Bonchev–Trinajstić information content (AvgIpc) is 2.79. The van der Waals surface area contributed by atoms with Crippen molar-refractivity contribution in [3.8, 4) is 5.75 Å². The van der Waals surface area contributed by atoms with E-state index in [-0.39, 0.29) is 5.78 Å².